The Labute approximate surface area is 265 Å². The van der Waals surface area contributed by atoms with Crippen LogP contribution in [0.25, 0.3) is 27.6 Å². The number of aromatic nitrogens is 1. The van der Waals surface area contributed by atoms with Gasteiger partial charge in [0.25, 0.3) is 5.56 Å². The van der Waals surface area contributed by atoms with Crippen LogP contribution in [0.1, 0.15) is 10.5 Å². The number of fused-ring (bicyclic) bond motifs is 1. The topological polar surface area (TPSA) is 144 Å². The molecule has 0 bridgehead atoms. The molecule has 4 aromatic rings. The number of esters is 1. The standard InChI is InChI=1S/C33H36N4O9/c1-35-11-13-36(14-12-35)33(40)46-25-18-23-22(17-24(25)41-2)28(19-15-26(42-3)30(44-5)27(16-19)43-4)29(32(39)45-6)37(31(23)38)21-9-7-20(34)8-10-21/h7-10,15-18H,11-14,34H2,1-6H3. The second kappa shape index (κ2) is 13.3. The van der Waals surface area contributed by atoms with Gasteiger partial charge in [0.2, 0.25) is 5.75 Å². The number of piperazine rings is 1. The van der Waals surface area contributed by atoms with Crippen LogP contribution < -0.4 is 35.0 Å². The molecule has 0 radical (unpaired) electrons. The summed E-state index contributed by atoms with van der Waals surface area (Å²) in [4.78, 5) is 45.0. The molecule has 46 heavy (non-hydrogen) atoms. The highest BCUT2D eigenvalue weighted by Gasteiger charge is 2.29. The number of carbonyl (C=O) groups is 2. The Hall–Kier alpha value is -5.43. The summed E-state index contributed by atoms with van der Waals surface area (Å²) in [6.45, 7) is 2.38. The van der Waals surface area contributed by atoms with E-state index in [1.54, 1.807) is 47.4 Å². The number of nitrogen functional groups attached to an aromatic ring is 1. The molecule has 1 saturated heterocycles. The number of hydrogen-bond donors (Lipinski definition) is 1. The number of methoxy groups -OCH3 is 5. The van der Waals surface area contributed by atoms with Gasteiger partial charge in [-0.25, -0.2) is 9.59 Å². The van der Waals surface area contributed by atoms with Crippen molar-refractivity contribution in [2.24, 2.45) is 0 Å². The quantitative estimate of drug-likeness (QED) is 0.224. The third-order valence-electron chi connectivity index (χ3n) is 7.91. The van der Waals surface area contributed by atoms with E-state index in [1.807, 2.05) is 7.05 Å². The molecule has 0 aliphatic carbocycles. The zero-order valence-corrected chi connectivity index (χ0v) is 26.5. The molecular formula is C33H36N4O9. The van der Waals surface area contributed by atoms with Gasteiger partial charge >= 0.3 is 12.1 Å². The molecular weight excluding hydrogens is 596 g/mol. The van der Waals surface area contributed by atoms with Gasteiger partial charge in [-0.2, -0.15) is 0 Å². The molecule has 0 atom stereocenters. The summed E-state index contributed by atoms with van der Waals surface area (Å²) < 4.78 is 34.7. The van der Waals surface area contributed by atoms with Crippen LogP contribution in [0.2, 0.25) is 0 Å². The van der Waals surface area contributed by atoms with Crippen LogP contribution in [0.15, 0.2) is 53.3 Å². The molecule has 242 valence electrons. The molecule has 0 saturated carbocycles. The van der Waals surface area contributed by atoms with Crippen molar-refractivity contribution < 1.29 is 38.0 Å². The minimum Gasteiger partial charge on any atom is -0.493 e. The molecule has 2 heterocycles. The monoisotopic (exact) mass is 632 g/mol. The highest BCUT2D eigenvalue weighted by atomic mass is 16.6. The van der Waals surface area contributed by atoms with Crippen molar-refractivity contribution in [1.29, 1.82) is 0 Å². The molecule has 1 aliphatic rings. The van der Waals surface area contributed by atoms with Gasteiger partial charge in [0.15, 0.2) is 23.0 Å². The van der Waals surface area contributed by atoms with Crippen LogP contribution >= 0.6 is 0 Å². The molecule has 1 aromatic heterocycles. The zero-order valence-electron chi connectivity index (χ0n) is 26.5. The van der Waals surface area contributed by atoms with Gasteiger partial charge < -0.3 is 44.0 Å². The Kier molecular flexibility index (Phi) is 9.23. The number of nitrogens with two attached hydrogens (primary N) is 1. The van der Waals surface area contributed by atoms with E-state index in [-0.39, 0.29) is 22.6 Å². The van der Waals surface area contributed by atoms with Gasteiger partial charge in [-0.1, -0.05) is 0 Å². The Morgan fingerprint density at radius 1 is 0.739 bits per heavy atom. The highest BCUT2D eigenvalue weighted by molar-refractivity contribution is 6.08. The molecule has 1 aliphatic heterocycles. The third-order valence-corrected chi connectivity index (χ3v) is 7.91. The number of pyridine rings is 1. The molecule has 1 fully saturated rings. The van der Waals surface area contributed by atoms with Gasteiger partial charge in [0.1, 0.15) is 5.69 Å². The fourth-order valence-corrected chi connectivity index (χ4v) is 5.47. The fraction of sp³-hybridized carbons (Fsp3) is 0.303. The lowest BCUT2D eigenvalue weighted by atomic mass is 9.95. The van der Waals surface area contributed by atoms with Crippen LogP contribution in [0.4, 0.5) is 10.5 Å². The molecule has 0 unspecified atom stereocenters. The first-order valence-corrected chi connectivity index (χ1v) is 14.4. The number of anilines is 1. The molecule has 0 spiro atoms. The summed E-state index contributed by atoms with van der Waals surface area (Å²) in [7, 11) is 9.05. The number of nitrogens with zero attached hydrogens (tertiary/aromatic N) is 3. The lowest BCUT2D eigenvalue weighted by Gasteiger charge is -2.31. The number of carbonyl (C=O) groups excluding carboxylic acids is 2. The summed E-state index contributed by atoms with van der Waals surface area (Å²) >= 11 is 0. The Bertz CT molecular complexity index is 1820. The summed E-state index contributed by atoms with van der Waals surface area (Å²) in [6.07, 6.45) is -0.569. The van der Waals surface area contributed by atoms with Gasteiger partial charge in [-0.15, -0.1) is 0 Å². The smallest absolute Gasteiger partial charge is 0.415 e. The Morgan fingerprint density at radius 3 is 1.87 bits per heavy atom. The number of hydrogen-bond acceptors (Lipinski definition) is 11. The van der Waals surface area contributed by atoms with Crippen molar-refractivity contribution in [2.75, 3.05) is 74.5 Å². The van der Waals surface area contributed by atoms with Crippen molar-refractivity contribution in [3.63, 3.8) is 0 Å². The maximum absolute atomic E-state index is 14.4. The summed E-state index contributed by atoms with van der Waals surface area (Å²) in [6, 6.07) is 12.8. The highest BCUT2D eigenvalue weighted by Crippen LogP contribution is 2.45. The van der Waals surface area contributed by atoms with Gasteiger partial charge in [0.05, 0.1) is 40.9 Å². The summed E-state index contributed by atoms with van der Waals surface area (Å²) in [5, 5.41) is 0.456. The maximum atomic E-state index is 14.4. The Morgan fingerprint density at radius 2 is 1.33 bits per heavy atom. The number of rotatable bonds is 8. The first-order valence-electron chi connectivity index (χ1n) is 14.4. The minimum absolute atomic E-state index is 0.0431. The van der Waals surface area contributed by atoms with Crippen LogP contribution in [-0.2, 0) is 4.74 Å². The molecule has 2 N–H and O–H groups in total. The lowest BCUT2D eigenvalue weighted by Crippen LogP contribution is -2.48. The van der Waals surface area contributed by atoms with Crippen LogP contribution in [0.3, 0.4) is 0 Å². The second-order valence-corrected chi connectivity index (χ2v) is 10.6. The maximum Gasteiger partial charge on any atom is 0.415 e. The zero-order chi connectivity index (χ0) is 33.1. The third kappa shape index (κ3) is 5.84. The molecule has 13 nitrogen and oxygen atoms in total. The normalized spacial score (nSPS) is 13.3. The molecule has 3 aromatic carbocycles. The lowest BCUT2D eigenvalue weighted by molar-refractivity contribution is 0.0591. The van der Waals surface area contributed by atoms with Crippen molar-refractivity contribution in [1.82, 2.24) is 14.4 Å². The molecule has 13 heteroatoms. The van der Waals surface area contributed by atoms with E-state index < -0.39 is 17.6 Å². The second-order valence-electron chi connectivity index (χ2n) is 10.6. The van der Waals surface area contributed by atoms with E-state index in [0.717, 1.165) is 0 Å². The molecule has 1 amide bonds. The van der Waals surface area contributed by atoms with Crippen molar-refractivity contribution in [2.45, 2.75) is 0 Å². The average Bonchev–Trinajstić information content (AvgIpc) is 3.07. The average molecular weight is 633 g/mol. The summed E-state index contributed by atoms with van der Waals surface area (Å²) in [5.41, 5.74) is 6.84. The predicted octanol–water partition coefficient (Wildman–Crippen LogP) is 3.81. The van der Waals surface area contributed by atoms with Crippen molar-refractivity contribution in [3.05, 3.63) is 64.6 Å². The van der Waals surface area contributed by atoms with E-state index in [0.29, 0.717) is 71.3 Å². The van der Waals surface area contributed by atoms with Gasteiger partial charge in [0, 0.05) is 48.5 Å². The number of ether oxygens (including phenoxy) is 6. The largest absolute Gasteiger partial charge is 0.493 e. The number of benzene rings is 3. The van der Waals surface area contributed by atoms with Crippen molar-refractivity contribution in [3.8, 4) is 45.6 Å². The first kappa shape index (κ1) is 32.0. The van der Waals surface area contributed by atoms with Crippen molar-refractivity contribution >= 4 is 28.5 Å². The first-order chi connectivity index (χ1) is 22.1. The fourth-order valence-electron chi connectivity index (χ4n) is 5.47. The van der Waals surface area contributed by atoms with E-state index in [9.17, 15) is 14.4 Å². The van der Waals surface area contributed by atoms with Crippen LogP contribution in [-0.4, -0.2) is 95.2 Å². The minimum atomic E-state index is -0.788. The van der Waals surface area contributed by atoms with E-state index in [4.69, 9.17) is 34.2 Å². The van der Waals surface area contributed by atoms with Gasteiger partial charge in [-0.05, 0) is 61.1 Å². The van der Waals surface area contributed by atoms with Gasteiger partial charge in [-0.3, -0.25) is 9.36 Å². The van der Waals surface area contributed by atoms with Crippen LogP contribution in [0, 0.1) is 0 Å². The van der Waals surface area contributed by atoms with E-state index >= 15 is 0 Å². The Balaban J connectivity index is 1.86. The van der Waals surface area contributed by atoms with Crippen LogP contribution in [0.5, 0.6) is 28.7 Å². The molecule has 5 rings (SSSR count). The number of amides is 1. The van der Waals surface area contributed by atoms with E-state index in [2.05, 4.69) is 4.90 Å². The summed E-state index contributed by atoms with van der Waals surface area (Å²) in [5.74, 6) is 0.390. The predicted molar refractivity (Wildman–Crippen MR) is 172 cm³/mol. The van der Waals surface area contributed by atoms with E-state index in [1.165, 1.54) is 46.2 Å². The number of likely N-dealkylation sites (N-methyl/N-ethyl adjacent to an activating group) is 1. The SMILES string of the molecule is COC(=O)c1c(-c2cc(OC)c(OC)c(OC)c2)c2cc(OC)c(OC(=O)N3CCN(C)CC3)cc2c(=O)n1-c1ccc(N)cc1.